The number of aliphatic hydroxyl groups is 3. The summed E-state index contributed by atoms with van der Waals surface area (Å²) in [4.78, 5) is 4.72. The van der Waals surface area contributed by atoms with E-state index in [0.717, 1.165) is 26.7 Å². The second-order valence-electron chi connectivity index (χ2n) is 11.2. The predicted octanol–water partition coefficient (Wildman–Crippen LogP) is 6.71. The molecule has 3 N–H and O–H groups in total. The molecule has 2 aromatic heterocycles. The van der Waals surface area contributed by atoms with Crippen LogP contribution < -0.4 is 0 Å². The molecule has 0 saturated heterocycles. The zero-order valence-electron chi connectivity index (χ0n) is 20.4. The van der Waals surface area contributed by atoms with Gasteiger partial charge in [0, 0.05) is 32.8 Å². The van der Waals surface area contributed by atoms with E-state index >= 15 is 0 Å². The molecule has 3 aromatic carbocycles. The van der Waals surface area contributed by atoms with Crippen molar-refractivity contribution >= 4 is 42.3 Å². The minimum atomic E-state index is -2.94. The SMILES string of the molecule is CC1(C)CCC(C)(C)c2cc3c(cc21)sc1c(-c2cc(C(O)(O)O)c4ccccc4c2)nccc13. The number of pyridine rings is 1. The van der Waals surface area contributed by atoms with Crippen LogP contribution in [0.3, 0.4) is 0 Å². The third-order valence-corrected chi connectivity index (χ3v) is 9.03. The summed E-state index contributed by atoms with van der Waals surface area (Å²) in [5, 5.41) is 34.1. The van der Waals surface area contributed by atoms with Crippen LogP contribution in [0.15, 0.2) is 60.8 Å². The molecule has 4 nitrogen and oxygen atoms in total. The number of aromatic nitrogens is 1. The van der Waals surface area contributed by atoms with Crippen molar-refractivity contribution in [1.82, 2.24) is 4.98 Å². The second-order valence-corrected chi connectivity index (χ2v) is 12.2. The van der Waals surface area contributed by atoms with Gasteiger partial charge in [-0.15, -0.1) is 11.3 Å². The Morgan fingerprint density at radius 1 is 0.800 bits per heavy atom. The molecule has 5 aromatic rings. The molecule has 178 valence electrons. The third kappa shape index (κ3) is 3.49. The van der Waals surface area contributed by atoms with E-state index < -0.39 is 5.97 Å². The maximum atomic E-state index is 10.1. The first-order chi connectivity index (χ1) is 16.5. The summed E-state index contributed by atoms with van der Waals surface area (Å²) in [5.41, 5.74) is 4.68. The van der Waals surface area contributed by atoms with Crippen molar-refractivity contribution in [3.8, 4) is 11.3 Å². The van der Waals surface area contributed by atoms with Gasteiger partial charge in [0.15, 0.2) is 0 Å². The van der Waals surface area contributed by atoms with E-state index in [-0.39, 0.29) is 16.4 Å². The smallest absolute Gasteiger partial charge is 0.305 e. The third-order valence-electron chi connectivity index (χ3n) is 7.86. The lowest BCUT2D eigenvalue weighted by atomic mass is 9.63. The Morgan fingerprint density at radius 2 is 1.49 bits per heavy atom. The lowest BCUT2D eigenvalue weighted by molar-refractivity contribution is -0.322. The van der Waals surface area contributed by atoms with E-state index in [0.29, 0.717) is 5.39 Å². The van der Waals surface area contributed by atoms with Crippen molar-refractivity contribution in [2.24, 2.45) is 0 Å². The fraction of sp³-hybridized carbons (Fsp3) is 0.300. The highest BCUT2D eigenvalue weighted by Gasteiger charge is 2.37. The molecular weight excluding hydrogens is 454 g/mol. The number of rotatable bonds is 2. The number of fused-ring (bicyclic) bond motifs is 5. The molecular formula is C30H29NO3S. The fourth-order valence-electron chi connectivity index (χ4n) is 5.69. The molecule has 2 heterocycles. The van der Waals surface area contributed by atoms with Crippen molar-refractivity contribution in [2.45, 2.75) is 57.3 Å². The summed E-state index contributed by atoms with van der Waals surface area (Å²) < 4.78 is 2.29. The van der Waals surface area contributed by atoms with Crippen LogP contribution in [0.5, 0.6) is 0 Å². The van der Waals surface area contributed by atoms with Gasteiger partial charge in [0.1, 0.15) is 0 Å². The minimum Gasteiger partial charge on any atom is -0.340 e. The molecule has 0 fully saturated rings. The van der Waals surface area contributed by atoms with Gasteiger partial charge in [-0.1, -0.05) is 52.0 Å². The maximum Gasteiger partial charge on any atom is 0.305 e. The van der Waals surface area contributed by atoms with Gasteiger partial charge in [0.2, 0.25) is 0 Å². The molecule has 0 bridgehead atoms. The molecule has 0 saturated carbocycles. The summed E-state index contributed by atoms with van der Waals surface area (Å²) in [6.45, 7) is 9.37. The maximum absolute atomic E-state index is 10.1. The normalized spacial score (nSPS) is 17.2. The average Bonchev–Trinajstić information content (AvgIpc) is 3.18. The Labute approximate surface area is 208 Å². The van der Waals surface area contributed by atoms with Crippen LogP contribution >= 0.6 is 11.3 Å². The van der Waals surface area contributed by atoms with Crippen molar-refractivity contribution in [1.29, 1.82) is 0 Å². The van der Waals surface area contributed by atoms with Crippen molar-refractivity contribution in [3.63, 3.8) is 0 Å². The van der Waals surface area contributed by atoms with Gasteiger partial charge in [0.25, 0.3) is 0 Å². The Bertz CT molecular complexity index is 1640. The predicted molar refractivity (Wildman–Crippen MR) is 144 cm³/mol. The van der Waals surface area contributed by atoms with E-state index in [1.807, 2.05) is 30.5 Å². The van der Waals surface area contributed by atoms with Gasteiger partial charge in [-0.2, -0.15) is 0 Å². The van der Waals surface area contributed by atoms with Crippen LogP contribution in [-0.4, -0.2) is 20.3 Å². The second kappa shape index (κ2) is 7.34. The van der Waals surface area contributed by atoms with E-state index in [1.54, 1.807) is 23.5 Å². The largest absolute Gasteiger partial charge is 0.340 e. The van der Waals surface area contributed by atoms with Gasteiger partial charge >= 0.3 is 5.97 Å². The molecule has 0 radical (unpaired) electrons. The molecule has 0 atom stereocenters. The van der Waals surface area contributed by atoms with Crippen LogP contribution in [-0.2, 0) is 16.8 Å². The van der Waals surface area contributed by atoms with Gasteiger partial charge in [-0.3, -0.25) is 4.98 Å². The highest BCUT2D eigenvalue weighted by molar-refractivity contribution is 7.26. The molecule has 1 aliphatic carbocycles. The molecule has 5 heteroatoms. The van der Waals surface area contributed by atoms with Crippen LogP contribution in [0.2, 0.25) is 0 Å². The summed E-state index contributed by atoms with van der Waals surface area (Å²) in [5.74, 6) is -2.94. The monoisotopic (exact) mass is 483 g/mol. The van der Waals surface area contributed by atoms with Crippen LogP contribution in [0, 0.1) is 0 Å². The summed E-state index contributed by atoms with van der Waals surface area (Å²) >= 11 is 1.73. The number of thiophene rings is 1. The molecule has 0 unspecified atom stereocenters. The first-order valence-electron chi connectivity index (χ1n) is 12.0. The van der Waals surface area contributed by atoms with E-state index in [1.165, 1.54) is 34.1 Å². The average molecular weight is 484 g/mol. The summed E-state index contributed by atoms with van der Waals surface area (Å²) in [7, 11) is 0. The first kappa shape index (κ1) is 22.6. The Kier molecular flexibility index (Phi) is 4.74. The minimum absolute atomic E-state index is 0.0458. The van der Waals surface area contributed by atoms with E-state index in [9.17, 15) is 15.3 Å². The van der Waals surface area contributed by atoms with Gasteiger partial charge in [-0.05, 0) is 75.9 Å². The van der Waals surface area contributed by atoms with Gasteiger partial charge in [-0.25, -0.2) is 0 Å². The van der Waals surface area contributed by atoms with Crippen LogP contribution in [0.4, 0.5) is 0 Å². The highest BCUT2D eigenvalue weighted by atomic mass is 32.1. The van der Waals surface area contributed by atoms with Crippen molar-refractivity contribution < 1.29 is 15.3 Å². The van der Waals surface area contributed by atoms with Crippen LogP contribution in [0.25, 0.3) is 42.2 Å². The van der Waals surface area contributed by atoms with E-state index in [4.69, 9.17) is 4.98 Å². The number of nitrogens with zero attached hydrogens (tertiary/aromatic N) is 1. The molecule has 35 heavy (non-hydrogen) atoms. The lowest BCUT2D eigenvalue weighted by Gasteiger charge is -2.41. The van der Waals surface area contributed by atoms with Crippen LogP contribution in [0.1, 0.15) is 57.2 Å². The fourth-order valence-corrected chi connectivity index (χ4v) is 6.92. The van der Waals surface area contributed by atoms with Gasteiger partial charge in [0.05, 0.1) is 10.4 Å². The molecule has 6 rings (SSSR count). The molecule has 1 aliphatic rings. The zero-order valence-corrected chi connectivity index (χ0v) is 21.2. The molecule has 0 aliphatic heterocycles. The number of benzene rings is 3. The zero-order chi connectivity index (χ0) is 24.8. The lowest BCUT2D eigenvalue weighted by Crippen LogP contribution is -2.33. The topological polar surface area (TPSA) is 73.6 Å². The number of hydrogen-bond donors (Lipinski definition) is 3. The van der Waals surface area contributed by atoms with Gasteiger partial charge < -0.3 is 15.3 Å². The van der Waals surface area contributed by atoms with E-state index in [2.05, 4.69) is 45.9 Å². The quantitative estimate of drug-likeness (QED) is 0.244. The van der Waals surface area contributed by atoms with Crippen molar-refractivity contribution in [2.75, 3.05) is 0 Å². The van der Waals surface area contributed by atoms with Crippen molar-refractivity contribution in [3.05, 3.63) is 77.5 Å². The molecule has 0 amide bonds. The first-order valence-corrected chi connectivity index (χ1v) is 12.8. The Morgan fingerprint density at radius 3 is 2.20 bits per heavy atom. The Hall–Kier alpha value is -2.83. The Balaban J connectivity index is 1.65. The standard InChI is InChI=1S/C30H29NO3S/c1-28(2)10-11-29(3,4)24-16-25-21(15-23(24)28)20-9-12-31-26(27(20)35-25)18-13-17-7-5-6-8-19(17)22(14-18)30(32,33)34/h5-9,12-16,32-34H,10-11H2,1-4H3. The summed E-state index contributed by atoms with van der Waals surface area (Å²) in [6, 6.07) is 17.8. The number of hydrogen-bond acceptors (Lipinski definition) is 5. The summed E-state index contributed by atoms with van der Waals surface area (Å²) in [6.07, 6.45) is 4.15. The highest BCUT2D eigenvalue weighted by Crippen LogP contribution is 2.49. The molecule has 0 spiro atoms.